The molecule has 1 aliphatic heterocycles. The maximum atomic E-state index is 11.9. The van der Waals surface area contributed by atoms with Gasteiger partial charge in [-0.3, -0.25) is 4.72 Å². The first-order valence-corrected chi connectivity index (χ1v) is 8.66. The van der Waals surface area contributed by atoms with Crippen molar-refractivity contribution in [1.29, 1.82) is 0 Å². The second-order valence-corrected chi connectivity index (χ2v) is 8.41. The first-order valence-electron chi connectivity index (χ1n) is 5.30. The fourth-order valence-corrected chi connectivity index (χ4v) is 5.87. The predicted octanol–water partition coefficient (Wildman–Crippen LogP) is 0.321. The molecule has 0 aromatic heterocycles. The molecule has 0 amide bonds. The number of anilines is 1. The van der Waals surface area contributed by atoms with Crippen molar-refractivity contribution in [2.24, 2.45) is 0 Å². The van der Waals surface area contributed by atoms with E-state index in [1.165, 1.54) is 24.3 Å². The Morgan fingerprint density at radius 2 is 1.83 bits per heavy atom. The summed E-state index contributed by atoms with van der Waals surface area (Å²) in [4.78, 5) is 0. The summed E-state index contributed by atoms with van der Waals surface area (Å²) in [7, 11) is -6.94. The van der Waals surface area contributed by atoms with E-state index in [-0.39, 0.29) is 23.7 Å². The number of hydrogen-bond donors (Lipinski definition) is 2. The van der Waals surface area contributed by atoms with Gasteiger partial charge in [-0.15, -0.1) is 0 Å². The fraction of sp³-hybridized carbons (Fsp3) is 0.400. The van der Waals surface area contributed by atoms with E-state index < -0.39 is 25.1 Å². The van der Waals surface area contributed by atoms with Crippen molar-refractivity contribution < 1.29 is 21.9 Å². The molecule has 1 unspecified atom stereocenters. The molecule has 1 fully saturated rings. The SMILES string of the molecule is O=S1(=O)CCC(S(=O)(=O)Nc2ccc(O)cc2)C1. The molecule has 0 saturated carbocycles. The van der Waals surface area contributed by atoms with E-state index in [0.29, 0.717) is 5.69 Å². The highest BCUT2D eigenvalue weighted by atomic mass is 32.2. The van der Waals surface area contributed by atoms with Crippen LogP contribution in [0.2, 0.25) is 0 Å². The minimum Gasteiger partial charge on any atom is -0.508 e. The van der Waals surface area contributed by atoms with E-state index in [1.807, 2.05) is 0 Å². The van der Waals surface area contributed by atoms with Crippen molar-refractivity contribution in [3.8, 4) is 5.75 Å². The largest absolute Gasteiger partial charge is 0.508 e. The number of benzene rings is 1. The van der Waals surface area contributed by atoms with Crippen LogP contribution in [0.15, 0.2) is 24.3 Å². The van der Waals surface area contributed by atoms with Crippen molar-refractivity contribution in [3.63, 3.8) is 0 Å². The summed E-state index contributed by atoms with van der Waals surface area (Å²) in [5.41, 5.74) is 0.303. The predicted molar refractivity (Wildman–Crippen MR) is 67.7 cm³/mol. The van der Waals surface area contributed by atoms with Gasteiger partial charge >= 0.3 is 0 Å². The van der Waals surface area contributed by atoms with Crippen LogP contribution in [0.25, 0.3) is 0 Å². The van der Waals surface area contributed by atoms with Gasteiger partial charge in [0, 0.05) is 5.69 Å². The van der Waals surface area contributed by atoms with E-state index in [0.717, 1.165) is 0 Å². The number of sulfone groups is 1. The highest BCUT2D eigenvalue weighted by Gasteiger charge is 2.37. The van der Waals surface area contributed by atoms with Crippen molar-refractivity contribution in [3.05, 3.63) is 24.3 Å². The smallest absolute Gasteiger partial charge is 0.236 e. The van der Waals surface area contributed by atoms with Gasteiger partial charge in [-0.05, 0) is 30.7 Å². The van der Waals surface area contributed by atoms with Gasteiger partial charge in [0.25, 0.3) is 0 Å². The quantitative estimate of drug-likeness (QED) is 0.781. The molecular weight excluding hydrogens is 278 g/mol. The molecule has 0 aliphatic carbocycles. The third-order valence-corrected chi connectivity index (χ3v) is 6.54. The lowest BCUT2D eigenvalue weighted by Gasteiger charge is -2.12. The van der Waals surface area contributed by atoms with Gasteiger partial charge in [-0.1, -0.05) is 0 Å². The first kappa shape index (κ1) is 13.2. The Balaban J connectivity index is 2.15. The Kier molecular flexibility index (Phi) is 3.24. The Bertz CT molecular complexity index is 633. The second-order valence-electron chi connectivity index (χ2n) is 4.22. The van der Waals surface area contributed by atoms with E-state index in [2.05, 4.69) is 4.72 Å². The van der Waals surface area contributed by atoms with Crippen LogP contribution in [0.3, 0.4) is 0 Å². The molecule has 1 heterocycles. The van der Waals surface area contributed by atoms with Gasteiger partial charge < -0.3 is 5.11 Å². The molecule has 1 aromatic rings. The maximum Gasteiger partial charge on any atom is 0.236 e. The molecule has 1 saturated heterocycles. The first-order chi connectivity index (χ1) is 8.28. The lowest BCUT2D eigenvalue weighted by atomic mass is 10.3. The Labute approximate surface area is 106 Å². The molecule has 0 spiro atoms. The number of rotatable bonds is 3. The van der Waals surface area contributed by atoms with E-state index in [9.17, 15) is 16.8 Å². The Morgan fingerprint density at radius 1 is 1.22 bits per heavy atom. The third kappa shape index (κ3) is 2.94. The zero-order chi connectivity index (χ0) is 13.4. The van der Waals surface area contributed by atoms with Gasteiger partial charge in [0.1, 0.15) is 5.75 Å². The summed E-state index contributed by atoms with van der Waals surface area (Å²) in [5, 5.41) is 8.17. The molecule has 1 aromatic carbocycles. The van der Waals surface area contributed by atoms with E-state index in [1.54, 1.807) is 0 Å². The van der Waals surface area contributed by atoms with Gasteiger partial charge in [0.05, 0.1) is 16.8 Å². The minimum absolute atomic E-state index is 0.0291. The summed E-state index contributed by atoms with van der Waals surface area (Å²) in [6.07, 6.45) is 0.121. The van der Waals surface area contributed by atoms with Gasteiger partial charge in [0.2, 0.25) is 10.0 Å². The lowest BCUT2D eigenvalue weighted by Crippen LogP contribution is -2.28. The molecule has 0 bridgehead atoms. The highest BCUT2D eigenvalue weighted by molar-refractivity contribution is 7.97. The monoisotopic (exact) mass is 291 g/mol. The van der Waals surface area contributed by atoms with Gasteiger partial charge in [0.15, 0.2) is 9.84 Å². The Hall–Kier alpha value is -1.28. The number of phenols is 1. The fourth-order valence-electron chi connectivity index (χ4n) is 1.78. The topological polar surface area (TPSA) is 101 Å². The Morgan fingerprint density at radius 3 is 2.33 bits per heavy atom. The lowest BCUT2D eigenvalue weighted by molar-refractivity contribution is 0.475. The van der Waals surface area contributed by atoms with Crippen LogP contribution in [0, 0.1) is 0 Å². The van der Waals surface area contributed by atoms with Crippen LogP contribution >= 0.6 is 0 Å². The van der Waals surface area contributed by atoms with Crippen LogP contribution in [-0.4, -0.2) is 38.7 Å². The summed E-state index contributed by atoms with van der Waals surface area (Å²) < 4.78 is 48.7. The van der Waals surface area contributed by atoms with Gasteiger partial charge in [-0.25, -0.2) is 16.8 Å². The molecule has 18 heavy (non-hydrogen) atoms. The standard InChI is InChI=1S/C10H13NO5S2/c12-9-3-1-8(2-4-9)11-18(15,16)10-5-6-17(13,14)7-10/h1-4,10-12H,5-7H2. The van der Waals surface area contributed by atoms with Crippen molar-refractivity contribution in [2.45, 2.75) is 11.7 Å². The van der Waals surface area contributed by atoms with E-state index in [4.69, 9.17) is 5.11 Å². The molecule has 1 aliphatic rings. The van der Waals surface area contributed by atoms with Crippen LogP contribution < -0.4 is 4.72 Å². The minimum atomic E-state index is -3.71. The van der Waals surface area contributed by atoms with Crippen molar-refractivity contribution in [2.75, 3.05) is 16.2 Å². The third-order valence-electron chi connectivity index (χ3n) is 2.76. The number of phenolic OH excluding ortho intramolecular Hbond substituents is 1. The van der Waals surface area contributed by atoms with Crippen LogP contribution in [0.1, 0.15) is 6.42 Å². The molecule has 0 radical (unpaired) electrons. The number of sulfonamides is 1. The van der Waals surface area contributed by atoms with E-state index >= 15 is 0 Å². The second kappa shape index (κ2) is 4.43. The molecule has 6 nitrogen and oxygen atoms in total. The molecule has 1 atom stereocenters. The number of aromatic hydroxyl groups is 1. The molecule has 100 valence electrons. The van der Waals surface area contributed by atoms with Crippen molar-refractivity contribution >= 4 is 25.5 Å². The maximum absolute atomic E-state index is 11.9. The van der Waals surface area contributed by atoms with Crippen LogP contribution in [-0.2, 0) is 19.9 Å². The van der Waals surface area contributed by atoms with Crippen molar-refractivity contribution in [1.82, 2.24) is 0 Å². The summed E-state index contributed by atoms with van der Waals surface area (Å²) >= 11 is 0. The molecule has 2 rings (SSSR count). The van der Waals surface area contributed by atoms with Crippen LogP contribution in [0.4, 0.5) is 5.69 Å². The molecule has 2 N–H and O–H groups in total. The number of nitrogens with one attached hydrogen (secondary N) is 1. The zero-order valence-corrected chi connectivity index (χ0v) is 11.0. The van der Waals surface area contributed by atoms with Crippen LogP contribution in [0.5, 0.6) is 5.75 Å². The summed E-state index contributed by atoms with van der Waals surface area (Å²) in [6.45, 7) is 0. The normalized spacial score (nSPS) is 22.8. The molecular formula is C10H13NO5S2. The highest BCUT2D eigenvalue weighted by Crippen LogP contribution is 2.22. The summed E-state index contributed by atoms with van der Waals surface area (Å²) in [6, 6.07) is 5.53. The summed E-state index contributed by atoms with van der Waals surface area (Å²) in [5.74, 6) is -0.393. The average molecular weight is 291 g/mol. The molecule has 8 heteroatoms. The average Bonchev–Trinajstić information content (AvgIpc) is 2.63. The zero-order valence-electron chi connectivity index (χ0n) is 9.40. The number of hydrogen-bond acceptors (Lipinski definition) is 5. The van der Waals surface area contributed by atoms with Gasteiger partial charge in [-0.2, -0.15) is 0 Å².